The number of imidazole rings is 1. The van der Waals surface area contributed by atoms with E-state index in [4.69, 9.17) is 9.84 Å². The molecule has 1 fully saturated rings. The molecule has 0 spiro atoms. The predicted octanol–water partition coefficient (Wildman–Crippen LogP) is 2.11. The van der Waals surface area contributed by atoms with Crippen LogP contribution in [0.3, 0.4) is 0 Å². The van der Waals surface area contributed by atoms with Gasteiger partial charge in [0.1, 0.15) is 0 Å². The first-order chi connectivity index (χ1) is 10.1. The van der Waals surface area contributed by atoms with Gasteiger partial charge in [0.25, 0.3) is 0 Å². The molecule has 2 aromatic rings. The maximum absolute atomic E-state index is 10.8. The molecular formula is C14H17N3O3S. The van der Waals surface area contributed by atoms with Crippen molar-refractivity contribution < 1.29 is 14.6 Å². The maximum Gasteiger partial charge on any atom is 0.328 e. The molecule has 0 bridgehead atoms. The molecule has 3 heterocycles. The molecule has 1 aliphatic rings. The Morgan fingerprint density at radius 2 is 2.48 bits per heavy atom. The number of aliphatic carboxylic acids is 1. The Balaban J connectivity index is 2.01. The van der Waals surface area contributed by atoms with E-state index in [0.717, 1.165) is 48.7 Å². The smallest absolute Gasteiger partial charge is 0.328 e. The fourth-order valence-electron chi connectivity index (χ4n) is 2.52. The number of hydrogen-bond donors (Lipinski definition) is 1. The predicted molar refractivity (Wildman–Crippen MR) is 82.0 cm³/mol. The van der Waals surface area contributed by atoms with Gasteiger partial charge in [-0.05, 0) is 19.4 Å². The number of nitrogens with zero attached hydrogens (tertiary/aromatic N) is 3. The van der Waals surface area contributed by atoms with E-state index in [9.17, 15) is 4.79 Å². The van der Waals surface area contributed by atoms with E-state index >= 15 is 0 Å². The molecule has 0 aliphatic carbocycles. The first kappa shape index (κ1) is 14.1. The molecule has 0 amide bonds. The lowest BCUT2D eigenvalue weighted by atomic mass is 10.3. The van der Waals surface area contributed by atoms with Gasteiger partial charge in [0, 0.05) is 37.3 Å². The molecule has 7 heteroatoms. The van der Waals surface area contributed by atoms with Gasteiger partial charge in [-0.3, -0.25) is 4.40 Å². The minimum atomic E-state index is -0.960. The van der Waals surface area contributed by atoms with Crippen LogP contribution in [-0.2, 0) is 9.53 Å². The molecule has 112 valence electrons. The lowest BCUT2D eigenvalue weighted by Gasteiger charge is -2.22. The fourth-order valence-corrected chi connectivity index (χ4v) is 3.23. The van der Waals surface area contributed by atoms with Gasteiger partial charge in [0.2, 0.25) is 0 Å². The van der Waals surface area contributed by atoms with Crippen molar-refractivity contribution in [3.8, 4) is 0 Å². The van der Waals surface area contributed by atoms with E-state index in [1.807, 2.05) is 22.9 Å². The highest BCUT2D eigenvalue weighted by Crippen LogP contribution is 2.27. The first-order valence-electron chi connectivity index (χ1n) is 6.88. The summed E-state index contributed by atoms with van der Waals surface area (Å²) in [6.07, 6.45) is 5.76. The number of ether oxygens (including phenoxy) is 1. The zero-order chi connectivity index (χ0) is 14.8. The third-order valence-corrected chi connectivity index (χ3v) is 4.17. The lowest BCUT2D eigenvalue weighted by Crippen LogP contribution is -2.30. The molecular weight excluding hydrogens is 290 g/mol. The number of carboxylic acid groups (broad SMARTS) is 1. The van der Waals surface area contributed by atoms with Crippen LogP contribution in [0, 0.1) is 0 Å². The van der Waals surface area contributed by atoms with Crippen LogP contribution in [0.25, 0.3) is 11.0 Å². The molecule has 1 aliphatic heterocycles. The van der Waals surface area contributed by atoms with Crippen molar-refractivity contribution >= 4 is 34.2 Å². The van der Waals surface area contributed by atoms with E-state index in [2.05, 4.69) is 9.88 Å². The minimum absolute atomic E-state index is 0.142. The Labute approximate surface area is 126 Å². The topological polar surface area (TPSA) is 67.1 Å². The van der Waals surface area contributed by atoms with Crippen LogP contribution in [0.4, 0.5) is 5.82 Å². The average molecular weight is 307 g/mol. The van der Waals surface area contributed by atoms with Gasteiger partial charge in [0.15, 0.2) is 10.8 Å². The maximum atomic E-state index is 10.8. The molecule has 0 radical (unpaired) electrons. The summed E-state index contributed by atoms with van der Waals surface area (Å²) >= 11 is 1.54. The monoisotopic (exact) mass is 307 g/mol. The Bertz CT molecular complexity index is 676. The van der Waals surface area contributed by atoms with Crippen molar-refractivity contribution in [2.24, 2.45) is 0 Å². The third kappa shape index (κ3) is 2.93. The van der Waals surface area contributed by atoms with Gasteiger partial charge < -0.3 is 14.7 Å². The van der Waals surface area contributed by atoms with Crippen LogP contribution < -0.4 is 4.90 Å². The van der Waals surface area contributed by atoms with E-state index in [-0.39, 0.29) is 6.10 Å². The lowest BCUT2D eigenvalue weighted by molar-refractivity contribution is -0.131. The van der Waals surface area contributed by atoms with E-state index in [1.165, 1.54) is 11.3 Å². The quantitative estimate of drug-likeness (QED) is 0.880. The number of carboxylic acids is 1. The van der Waals surface area contributed by atoms with E-state index in [1.54, 1.807) is 6.08 Å². The summed E-state index contributed by atoms with van der Waals surface area (Å²) in [5, 5.41) is 10.8. The molecule has 2 aromatic heterocycles. The van der Waals surface area contributed by atoms with Crippen LogP contribution in [0.5, 0.6) is 0 Å². The van der Waals surface area contributed by atoms with E-state index in [0.29, 0.717) is 0 Å². The van der Waals surface area contributed by atoms with Gasteiger partial charge in [-0.2, -0.15) is 0 Å². The SMILES string of the molecule is CC1CN(c2nc3sccn3c2C=CC(=O)O)CCCO1. The molecule has 1 N–H and O–H groups in total. The number of carbonyl (C=O) groups is 1. The van der Waals surface area contributed by atoms with Crippen LogP contribution in [0.15, 0.2) is 17.7 Å². The summed E-state index contributed by atoms with van der Waals surface area (Å²) < 4.78 is 7.59. The highest BCUT2D eigenvalue weighted by Gasteiger charge is 2.21. The van der Waals surface area contributed by atoms with Gasteiger partial charge >= 0.3 is 5.97 Å². The van der Waals surface area contributed by atoms with Crippen LogP contribution in [0.2, 0.25) is 0 Å². The summed E-state index contributed by atoms with van der Waals surface area (Å²) in [6.45, 7) is 4.42. The molecule has 1 saturated heterocycles. The first-order valence-corrected chi connectivity index (χ1v) is 7.76. The third-order valence-electron chi connectivity index (χ3n) is 3.42. The zero-order valence-electron chi connectivity index (χ0n) is 11.7. The van der Waals surface area contributed by atoms with Gasteiger partial charge in [-0.1, -0.05) is 0 Å². The van der Waals surface area contributed by atoms with Crippen LogP contribution in [-0.4, -0.2) is 46.3 Å². The largest absolute Gasteiger partial charge is 0.478 e. The molecule has 6 nitrogen and oxygen atoms in total. The Morgan fingerprint density at radius 3 is 3.29 bits per heavy atom. The number of hydrogen-bond acceptors (Lipinski definition) is 5. The number of anilines is 1. The summed E-state index contributed by atoms with van der Waals surface area (Å²) in [6, 6.07) is 0. The Kier molecular flexibility index (Phi) is 3.94. The Hall–Kier alpha value is -1.86. The van der Waals surface area contributed by atoms with Crippen LogP contribution >= 0.6 is 11.3 Å². The summed E-state index contributed by atoms with van der Waals surface area (Å²) in [4.78, 5) is 18.5. The standard InChI is InChI=1S/C14H17N3O3S/c1-10-9-16(5-2-7-20-10)13-11(3-4-12(18)19)17-6-8-21-14(17)15-13/h3-4,6,8,10H,2,5,7,9H2,1H3,(H,18,19). The average Bonchev–Trinajstić information content (AvgIpc) is 2.94. The number of rotatable bonds is 3. The molecule has 3 rings (SSSR count). The van der Waals surface area contributed by atoms with Gasteiger partial charge in [0.05, 0.1) is 11.8 Å². The van der Waals surface area contributed by atoms with Crippen molar-refractivity contribution in [3.05, 3.63) is 23.3 Å². The summed E-state index contributed by atoms with van der Waals surface area (Å²) in [7, 11) is 0. The van der Waals surface area contributed by atoms with Crippen molar-refractivity contribution in [2.75, 3.05) is 24.6 Å². The van der Waals surface area contributed by atoms with E-state index < -0.39 is 5.97 Å². The highest BCUT2D eigenvalue weighted by molar-refractivity contribution is 7.15. The second kappa shape index (κ2) is 5.87. The zero-order valence-corrected chi connectivity index (χ0v) is 12.5. The highest BCUT2D eigenvalue weighted by atomic mass is 32.1. The number of aromatic nitrogens is 2. The molecule has 1 atom stereocenters. The molecule has 1 unspecified atom stereocenters. The van der Waals surface area contributed by atoms with Crippen molar-refractivity contribution in [3.63, 3.8) is 0 Å². The Morgan fingerprint density at radius 1 is 1.62 bits per heavy atom. The minimum Gasteiger partial charge on any atom is -0.478 e. The number of fused-ring (bicyclic) bond motifs is 1. The summed E-state index contributed by atoms with van der Waals surface area (Å²) in [5.41, 5.74) is 0.808. The van der Waals surface area contributed by atoms with Crippen molar-refractivity contribution in [1.29, 1.82) is 0 Å². The fraction of sp³-hybridized carbons (Fsp3) is 0.429. The second-order valence-corrected chi connectivity index (χ2v) is 5.90. The molecule has 21 heavy (non-hydrogen) atoms. The second-order valence-electron chi connectivity index (χ2n) is 5.03. The van der Waals surface area contributed by atoms with Gasteiger partial charge in [-0.15, -0.1) is 11.3 Å². The number of thiazole rings is 1. The van der Waals surface area contributed by atoms with Crippen LogP contribution in [0.1, 0.15) is 19.0 Å². The van der Waals surface area contributed by atoms with Gasteiger partial charge in [-0.25, -0.2) is 9.78 Å². The molecule has 0 saturated carbocycles. The van der Waals surface area contributed by atoms with Crippen molar-refractivity contribution in [2.45, 2.75) is 19.4 Å². The normalized spacial score (nSPS) is 20.2. The summed E-state index contributed by atoms with van der Waals surface area (Å²) in [5.74, 6) is -0.129. The van der Waals surface area contributed by atoms with Crippen molar-refractivity contribution in [1.82, 2.24) is 9.38 Å². The molecule has 0 aromatic carbocycles.